The molecule has 3 rings (SSSR count). The summed E-state index contributed by atoms with van der Waals surface area (Å²) >= 11 is 0. The van der Waals surface area contributed by atoms with Crippen LogP contribution in [0.4, 0.5) is 0 Å². The smallest absolute Gasteiger partial charge is 0.262 e. The Morgan fingerprint density at radius 3 is 2.03 bits per heavy atom. The Bertz CT molecular complexity index is 1000. The molecule has 9 heteroatoms. The van der Waals surface area contributed by atoms with Crippen LogP contribution in [0.25, 0.3) is 0 Å². The SMILES string of the molecule is CS(=O)(=O)NCCNC(=O)C(Cc1ccccc1)N1C(=O)c2ccccc2C1=O. The molecule has 29 heavy (non-hydrogen) atoms. The van der Waals surface area contributed by atoms with Crippen molar-refractivity contribution in [2.75, 3.05) is 19.3 Å². The van der Waals surface area contributed by atoms with E-state index in [9.17, 15) is 22.8 Å². The van der Waals surface area contributed by atoms with Crippen LogP contribution in [0, 0.1) is 0 Å². The zero-order valence-corrected chi connectivity index (χ0v) is 16.6. The highest BCUT2D eigenvalue weighted by atomic mass is 32.2. The van der Waals surface area contributed by atoms with Crippen molar-refractivity contribution >= 4 is 27.7 Å². The fourth-order valence-electron chi connectivity index (χ4n) is 3.17. The van der Waals surface area contributed by atoms with Gasteiger partial charge < -0.3 is 5.32 Å². The zero-order chi connectivity index (χ0) is 21.0. The van der Waals surface area contributed by atoms with Gasteiger partial charge in [0.25, 0.3) is 11.8 Å². The van der Waals surface area contributed by atoms with Gasteiger partial charge in [-0.25, -0.2) is 13.1 Å². The molecule has 0 spiro atoms. The lowest BCUT2D eigenvalue weighted by molar-refractivity contribution is -0.124. The molecule has 0 radical (unpaired) electrons. The van der Waals surface area contributed by atoms with Crippen molar-refractivity contribution in [3.8, 4) is 0 Å². The third kappa shape index (κ3) is 4.87. The minimum Gasteiger partial charge on any atom is -0.353 e. The molecule has 2 aromatic carbocycles. The molecule has 0 bridgehead atoms. The van der Waals surface area contributed by atoms with Gasteiger partial charge >= 0.3 is 0 Å². The van der Waals surface area contributed by atoms with Gasteiger partial charge in [0.1, 0.15) is 6.04 Å². The summed E-state index contributed by atoms with van der Waals surface area (Å²) in [5, 5.41) is 2.61. The molecule has 3 amide bonds. The summed E-state index contributed by atoms with van der Waals surface area (Å²) in [6.45, 7) is 0.0328. The molecule has 0 fully saturated rings. The highest BCUT2D eigenvalue weighted by molar-refractivity contribution is 7.88. The Balaban J connectivity index is 1.81. The van der Waals surface area contributed by atoms with Gasteiger partial charge in [0.15, 0.2) is 0 Å². The summed E-state index contributed by atoms with van der Waals surface area (Å²) in [5.74, 6) is -1.56. The van der Waals surface area contributed by atoms with Crippen molar-refractivity contribution in [3.63, 3.8) is 0 Å². The predicted molar refractivity (Wildman–Crippen MR) is 107 cm³/mol. The van der Waals surface area contributed by atoms with E-state index in [0.29, 0.717) is 0 Å². The molecular weight excluding hydrogens is 394 g/mol. The minimum absolute atomic E-state index is 0.00471. The number of rotatable bonds is 8. The van der Waals surface area contributed by atoms with Crippen LogP contribution in [0.15, 0.2) is 54.6 Å². The Kier molecular flexibility index (Phi) is 6.09. The summed E-state index contributed by atoms with van der Waals surface area (Å²) in [7, 11) is -3.38. The van der Waals surface area contributed by atoms with E-state index in [1.54, 1.807) is 24.3 Å². The first-order valence-electron chi connectivity index (χ1n) is 9.01. The van der Waals surface area contributed by atoms with Crippen molar-refractivity contribution in [3.05, 3.63) is 71.3 Å². The van der Waals surface area contributed by atoms with Crippen molar-refractivity contribution in [2.45, 2.75) is 12.5 Å². The number of nitrogens with zero attached hydrogens (tertiary/aromatic N) is 1. The van der Waals surface area contributed by atoms with E-state index >= 15 is 0 Å². The lowest BCUT2D eigenvalue weighted by Crippen LogP contribution is -2.51. The summed E-state index contributed by atoms with van der Waals surface area (Å²) < 4.78 is 24.6. The second-order valence-corrected chi connectivity index (χ2v) is 8.52. The first-order valence-corrected chi connectivity index (χ1v) is 10.9. The molecule has 0 aliphatic carbocycles. The van der Waals surface area contributed by atoms with Crippen molar-refractivity contribution in [1.29, 1.82) is 0 Å². The molecule has 2 N–H and O–H groups in total. The number of nitrogens with one attached hydrogen (secondary N) is 2. The third-order valence-corrected chi connectivity index (χ3v) is 5.23. The van der Waals surface area contributed by atoms with E-state index < -0.39 is 33.8 Å². The lowest BCUT2D eigenvalue weighted by Gasteiger charge is -2.25. The Labute approximate surface area is 169 Å². The molecule has 1 aliphatic heterocycles. The monoisotopic (exact) mass is 415 g/mol. The van der Waals surface area contributed by atoms with Gasteiger partial charge in [-0.1, -0.05) is 42.5 Å². The quantitative estimate of drug-likeness (QED) is 0.483. The van der Waals surface area contributed by atoms with E-state index in [1.807, 2.05) is 30.3 Å². The van der Waals surface area contributed by atoms with Gasteiger partial charge in [-0.3, -0.25) is 19.3 Å². The first-order chi connectivity index (χ1) is 13.8. The molecule has 1 atom stereocenters. The zero-order valence-electron chi connectivity index (χ0n) is 15.8. The Morgan fingerprint density at radius 2 is 1.48 bits per heavy atom. The van der Waals surface area contributed by atoms with Crippen LogP contribution in [0.2, 0.25) is 0 Å². The van der Waals surface area contributed by atoms with E-state index in [2.05, 4.69) is 10.0 Å². The molecule has 0 aromatic heterocycles. The standard InChI is InChI=1S/C20H21N3O5S/c1-29(27,28)22-12-11-21-18(24)17(13-14-7-3-2-4-8-14)23-19(25)15-9-5-6-10-16(15)20(23)26/h2-10,17,22H,11-13H2,1H3,(H,21,24). The number of carbonyl (C=O) groups excluding carboxylic acids is 3. The van der Waals surface area contributed by atoms with Crippen LogP contribution in [0.3, 0.4) is 0 Å². The number of sulfonamides is 1. The lowest BCUT2D eigenvalue weighted by atomic mass is 10.0. The molecule has 1 unspecified atom stereocenters. The maximum atomic E-state index is 12.9. The number of fused-ring (bicyclic) bond motifs is 1. The van der Waals surface area contributed by atoms with Crippen LogP contribution in [-0.2, 0) is 21.2 Å². The van der Waals surface area contributed by atoms with Gasteiger partial charge in [-0.2, -0.15) is 0 Å². The molecule has 1 heterocycles. The predicted octanol–water partition coefficient (Wildman–Crippen LogP) is 0.559. The number of benzene rings is 2. The van der Waals surface area contributed by atoms with Crippen LogP contribution in [-0.4, -0.2) is 56.4 Å². The van der Waals surface area contributed by atoms with E-state index in [1.165, 1.54) is 0 Å². The van der Waals surface area contributed by atoms with E-state index in [4.69, 9.17) is 0 Å². The van der Waals surface area contributed by atoms with E-state index in [0.717, 1.165) is 16.7 Å². The highest BCUT2D eigenvalue weighted by Gasteiger charge is 2.42. The molecule has 2 aromatic rings. The topological polar surface area (TPSA) is 113 Å². The summed E-state index contributed by atoms with van der Waals surface area (Å²) in [6, 6.07) is 14.5. The second kappa shape index (κ2) is 8.54. The highest BCUT2D eigenvalue weighted by Crippen LogP contribution is 2.26. The minimum atomic E-state index is -3.38. The number of amides is 3. The number of hydrogen-bond donors (Lipinski definition) is 2. The summed E-state index contributed by atoms with van der Waals surface area (Å²) in [6.07, 6.45) is 1.17. The summed E-state index contributed by atoms with van der Waals surface area (Å²) in [5.41, 5.74) is 1.32. The van der Waals surface area contributed by atoms with Gasteiger partial charge in [0.2, 0.25) is 15.9 Å². The van der Waals surface area contributed by atoms with Gasteiger partial charge in [0, 0.05) is 19.5 Å². The molecule has 0 saturated heterocycles. The molecule has 1 aliphatic rings. The second-order valence-electron chi connectivity index (χ2n) is 6.69. The number of hydrogen-bond acceptors (Lipinski definition) is 5. The van der Waals surface area contributed by atoms with Crippen LogP contribution >= 0.6 is 0 Å². The van der Waals surface area contributed by atoms with Gasteiger partial charge in [-0.05, 0) is 17.7 Å². The molecule has 0 saturated carbocycles. The van der Waals surface area contributed by atoms with Crippen LogP contribution < -0.4 is 10.0 Å². The third-order valence-electron chi connectivity index (χ3n) is 4.50. The van der Waals surface area contributed by atoms with Gasteiger partial charge in [0.05, 0.1) is 17.4 Å². The van der Waals surface area contributed by atoms with Crippen molar-refractivity contribution in [1.82, 2.24) is 14.9 Å². The van der Waals surface area contributed by atoms with Crippen molar-refractivity contribution in [2.24, 2.45) is 0 Å². The first kappa shape index (κ1) is 20.7. The van der Waals surface area contributed by atoms with E-state index in [-0.39, 0.29) is 30.6 Å². The number of carbonyl (C=O) groups is 3. The largest absolute Gasteiger partial charge is 0.353 e. The average Bonchev–Trinajstić information content (AvgIpc) is 2.94. The maximum absolute atomic E-state index is 12.9. The van der Waals surface area contributed by atoms with Crippen LogP contribution in [0.5, 0.6) is 0 Å². The molecule has 152 valence electrons. The fourth-order valence-corrected chi connectivity index (χ4v) is 3.64. The average molecular weight is 415 g/mol. The normalized spacial score (nSPS) is 14.6. The fraction of sp³-hybridized carbons (Fsp3) is 0.250. The van der Waals surface area contributed by atoms with Crippen molar-refractivity contribution < 1.29 is 22.8 Å². The van der Waals surface area contributed by atoms with Gasteiger partial charge in [-0.15, -0.1) is 0 Å². The summed E-state index contributed by atoms with van der Waals surface area (Å²) in [4.78, 5) is 39.5. The van der Waals surface area contributed by atoms with Crippen LogP contribution in [0.1, 0.15) is 26.3 Å². The molecule has 8 nitrogen and oxygen atoms in total. The number of imide groups is 1. The molecular formula is C20H21N3O5S. The Morgan fingerprint density at radius 1 is 0.931 bits per heavy atom. The maximum Gasteiger partial charge on any atom is 0.262 e. The Hall–Kier alpha value is -3.04.